The molecular weight excluding hydrogens is 196 g/mol. The number of hydrogen-bond donors (Lipinski definition) is 2. The van der Waals surface area contributed by atoms with E-state index in [-0.39, 0.29) is 12.6 Å². The van der Waals surface area contributed by atoms with Crippen LogP contribution < -0.4 is 10.5 Å². The maximum absolute atomic E-state index is 8.85. The summed E-state index contributed by atoms with van der Waals surface area (Å²) in [6, 6.07) is 0. The fourth-order valence-corrected chi connectivity index (χ4v) is 1.78. The van der Waals surface area contributed by atoms with Gasteiger partial charge in [-0.2, -0.15) is 4.98 Å². The number of fused-ring (bicyclic) bond motifs is 1. The summed E-state index contributed by atoms with van der Waals surface area (Å²) in [7, 11) is 1.57. The number of methoxy groups -OCH3 is 1. The van der Waals surface area contributed by atoms with Gasteiger partial charge < -0.3 is 15.6 Å². The molecule has 1 aromatic heterocycles. The number of nitrogen functional groups attached to an aromatic ring is 1. The van der Waals surface area contributed by atoms with Gasteiger partial charge in [-0.3, -0.25) is 4.90 Å². The molecule has 1 aliphatic heterocycles. The second-order valence-electron chi connectivity index (χ2n) is 3.45. The van der Waals surface area contributed by atoms with Gasteiger partial charge in [-0.25, -0.2) is 4.98 Å². The lowest BCUT2D eigenvalue weighted by molar-refractivity contribution is 0.196. The number of aromatic nitrogens is 2. The fourth-order valence-electron chi connectivity index (χ4n) is 1.78. The molecule has 0 aliphatic carbocycles. The summed E-state index contributed by atoms with van der Waals surface area (Å²) in [6.07, 6.45) is 0. The minimum absolute atomic E-state index is 0.138. The average Bonchev–Trinajstić information content (AvgIpc) is 2.59. The zero-order valence-electron chi connectivity index (χ0n) is 8.60. The van der Waals surface area contributed by atoms with E-state index in [1.165, 1.54) is 0 Å². The number of nitrogens with two attached hydrogens (primary N) is 1. The number of aliphatic hydroxyl groups excluding tert-OH is 1. The monoisotopic (exact) mass is 210 g/mol. The summed E-state index contributed by atoms with van der Waals surface area (Å²) in [6.45, 7) is 2.16. The number of nitrogens with zero attached hydrogens (tertiary/aromatic N) is 3. The van der Waals surface area contributed by atoms with Gasteiger partial charge in [0, 0.05) is 19.6 Å². The lowest BCUT2D eigenvalue weighted by Gasteiger charge is -2.11. The summed E-state index contributed by atoms with van der Waals surface area (Å²) in [5.74, 6) is 0.773. The molecule has 6 nitrogen and oxygen atoms in total. The van der Waals surface area contributed by atoms with E-state index in [0.717, 1.165) is 11.3 Å². The molecule has 0 saturated carbocycles. The van der Waals surface area contributed by atoms with Gasteiger partial charge in [0.05, 0.1) is 25.0 Å². The van der Waals surface area contributed by atoms with Gasteiger partial charge in [0.25, 0.3) is 0 Å². The van der Waals surface area contributed by atoms with E-state index in [1.54, 1.807) is 7.11 Å². The van der Waals surface area contributed by atoms with Crippen molar-refractivity contribution in [3.8, 4) is 5.88 Å². The molecule has 2 rings (SSSR count). The second-order valence-corrected chi connectivity index (χ2v) is 3.45. The highest BCUT2D eigenvalue weighted by atomic mass is 16.5. The van der Waals surface area contributed by atoms with Gasteiger partial charge in [0.1, 0.15) is 0 Å². The summed E-state index contributed by atoms with van der Waals surface area (Å²) < 4.78 is 5.14. The SMILES string of the molecule is COc1nc(N)nc2c1CN(CCO)C2. The molecular formula is C9H14N4O2. The van der Waals surface area contributed by atoms with Crippen LogP contribution in [0.15, 0.2) is 0 Å². The first-order chi connectivity index (χ1) is 7.24. The predicted molar refractivity (Wildman–Crippen MR) is 54.2 cm³/mol. The third kappa shape index (κ3) is 1.86. The van der Waals surface area contributed by atoms with Crippen molar-refractivity contribution < 1.29 is 9.84 Å². The Morgan fingerprint density at radius 2 is 2.27 bits per heavy atom. The van der Waals surface area contributed by atoms with Crippen molar-refractivity contribution in [1.29, 1.82) is 0 Å². The number of hydrogen-bond acceptors (Lipinski definition) is 6. The molecule has 0 saturated heterocycles. The van der Waals surface area contributed by atoms with E-state index >= 15 is 0 Å². The van der Waals surface area contributed by atoms with E-state index in [4.69, 9.17) is 15.6 Å². The van der Waals surface area contributed by atoms with Crippen molar-refractivity contribution in [2.24, 2.45) is 0 Å². The maximum atomic E-state index is 8.85. The third-order valence-corrected chi connectivity index (χ3v) is 2.44. The molecule has 0 unspecified atom stereocenters. The maximum Gasteiger partial charge on any atom is 0.223 e. The highest BCUT2D eigenvalue weighted by Gasteiger charge is 2.24. The third-order valence-electron chi connectivity index (χ3n) is 2.44. The smallest absolute Gasteiger partial charge is 0.223 e. The van der Waals surface area contributed by atoms with Gasteiger partial charge in [-0.15, -0.1) is 0 Å². The van der Waals surface area contributed by atoms with Crippen molar-refractivity contribution in [3.05, 3.63) is 11.3 Å². The predicted octanol–water partition coefficient (Wildman–Crippen LogP) is -0.625. The summed E-state index contributed by atoms with van der Waals surface area (Å²) in [4.78, 5) is 10.2. The van der Waals surface area contributed by atoms with Crippen LogP contribution in [-0.4, -0.2) is 40.2 Å². The first-order valence-corrected chi connectivity index (χ1v) is 4.77. The molecule has 3 N–H and O–H groups in total. The minimum Gasteiger partial charge on any atom is -0.481 e. The molecule has 0 fully saturated rings. The van der Waals surface area contributed by atoms with Crippen molar-refractivity contribution in [2.45, 2.75) is 13.1 Å². The number of rotatable bonds is 3. The highest BCUT2D eigenvalue weighted by Crippen LogP contribution is 2.28. The molecule has 0 aromatic carbocycles. The Morgan fingerprint density at radius 3 is 2.93 bits per heavy atom. The fraction of sp³-hybridized carbons (Fsp3) is 0.556. The van der Waals surface area contributed by atoms with Gasteiger partial charge in [0.2, 0.25) is 11.8 Å². The molecule has 0 bridgehead atoms. The normalized spacial score (nSPS) is 15.3. The molecule has 0 amide bonds. The van der Waals surface area contributed by atoms with E-state index in [1.807, 2.05) is 0 Å². The zero-order chi connectivity index (χ0) is 10.8. The molecule has 1 aromatic rings. The quantitative estimate of drug-likeness (QED) is 0.691. The van der Waals surface area contributed by atoms with Crippen LogP contribution in [0.5, 0.6) is 5.88 Å². The molecule has 82 valence electrons. The lowest BCUT2D eigenvalue weighted by Crippen LogP contribution is -2.20. The number of β-amino-alcohol motifs (C(OH)–C–C–N with tert-alkyl or cyclic N) is 1. The Labute approximate surface area is 87.7 Å². The Kier molecular flexibility index (Phi) is 2.70. The topological polar surface area (TPSA) is 84.5 Å². The molecule has 0 atom stereocenters. The molecule has 2 heterocycles. The minimum atomic E-state index is 0.138. The zero-order valence-corrected chi connectivity index (χ0v) is 8.60. The molecule has 1 aliphatic rings. The Hall–Kier alpha value is -1.40. The van der Waals surface area contributed by atoms with Crippen molar-refractivity contribution >= 4 is 5.95 Å². The molecule has 15 heavy (non-hydrogen) atoms. The number of ether oxygens (including phenoxy) is 1. The van der Waals surface area contributed by atoms with Crippen LogP contribution in [0.3, 0.4) is 0 Å². The number of aliphatic hydroxyl groups is 1. The van der Waals surface area contributed by atoms with E-state index in [9.17, 15) is 0 Å². The van der Waals surface area contributed by atoms with E-state index in [2.05, 4.69) is 14.9 Å². The van der Waals surface area contributed by atoms with Gasteiger partial charge in [-0.1, -0.05) is 0 Å². The number of anilines is 1. The van der Waals surface area contributed by atoms with Crippen LogP contribution in [0.25, 0.3) is 0 Å². The summed E-state index contributed by atoms with van der Waals surface area (Å²) in [5.41, 5.74) is 7.42. The van der Waals surface area contributed by atoms with E-state index < -0.39 is 0 Å². The van der Waals surface area contributed by atoms with Gasteiger partial charge in [-0.05, 0) is 0 Å². The Balaban J connectivity index is 2.28. The Bertz CT molecular complexity index is 369. The summed E-state index contributed by atoms with van der Waals surface area (Å²) in [5, 5.41) is 8.85. The van der Waals surface area contributed by atoms with Crippen LogP contribution in [0.2, 0.25) is 0 Å². The first kappa shape index (κ1) is 10.1. The van der Waals surface area contributed by atoms with Crippen LogP contribution >= 0.6 is 0 Å². The van der Waals surface area contributed by atoms with Gasteiger partial charge in [0.15, 0.2) is 0 Å². The van der Waals surface area contributed by atoms with Crippen LogP contribution in [0.4, 0.5) is 5.95 Å². The molecule has 0 spiro atoms. The van der Waals surface area contributed by atoms with E-state index in [0.29, 0.717) is 25.5 Å². The lowest BCUT2D eigenvalue weighted by atomic mass is 10.2. The largest absolute Gasteiger partial charge is 0.481 e. The first-order valence-electron chi connectivity index (χ1n) is 4.77. The van der Waals surface area contributed by atoms with Crippen molar-refractivity contribution in [2.75, 3.05) is 26.0 Å². The van der Waals surface area contributed by atoms with Crippen molar-refractivity contribution in [1.82, 2.24) is 14.9 Å². The average molecular weight is 210 g/mol. The second kappa shape index (κ2) is 4.00. The molecule has 6 heteroatoms. The standard InChI is InChI=1S/C9H14N4O2/c1-15-8-6-4-13(2-3-14)5-7(6)11-9(10)12-8/h14H,2-5H2,1H3,(H2,10,11,12). The Morgan fingerprint density at radius 1 is 1.47 bits per heavy atom. The molecule has 0 radical (unpaired) electrons. The van der Waals surface area contributed by atoms with Gasteiger partial charge >= 0.3 is 0 Å². The van der Waals surface area contributed by atoms with Crippen LogP contribution in [0, 0.1) is 0 Å². The summed E-state index contributed by atoms with van der Waals surface area (Å²) >= 11 is 0. The van der Waals surface area contributed by atoms with Crippen LogP contribution in [0.1, 0.15) is 11.3 Å². The van der Waals surface area contributed by atoms with Crippen molar-refractivity contribution in [3.63, 3.8) is 0 Å². The highest BCUT2D eigenvalue weighted by molar-refractivity contribution is 5.38. The van der Waals surface area contributed by atoms with Crippen LogP contribution in [-0.2, 0) is 13.1 Å².